The molecule has 0 aliphatic heterocycles. The van der Waals surface area contributed by atoms with Gasteiger partial charge in [0.1, 0.15) is 0 Å². The van der Waals surface area contributed by atoms with Gasteiger partial charge in [0, 0.05) is 12.6 Å². The molecule has 2 aromatic carbocycles. The standard InChI is InChI=1S/C19H25N/c1-13-8-6-7-9-18(13)12-20-17(5)19-11-15(3)14(2)10-16(19)4/h6-11,17,20H,12H2,1-5H3. The van der Waals surface area contributed by atoms with E-state index in [1.54, 1.807) is 0 Å². The number of rotatable bonds is 4. The fraction of sp³-hybridized carbons (Fsp3) is 0.368. The highest BCUT2D eigenvalue weighted by Crippen LogP contribution is 2.22. The minimum absolute atomic E-state index is 0.369. The SMILES string of the molecule is Cc1cc(C)c(C(C)NCc2ccccc2C)cc1C. The van der Waals surface area contributed by atoms with Crippen molar-refractivity contribution in [3.05, 3.63) is 69.8 Å². The molecule has 1 N–H and O–H groups in total. The van der Waals surface area contributed by atoms with Crippen molar-refractivity contribution >= 4 is 0 Å². The van der Waals surface area contributed by atoms with Crippen molar-refractivity contribution in [2.45, 2.75) is 47.2 Å². The maximum atomic E-state index is 3.64. The lowest BCUT2D eigenvalue weighted by atomic mass is 9.96. The Hall–Kier alpha value is -1.60. The van der Waals surface area contributed by atoms with Gasteiger partial charge in [-0.25, -0.2) is 0 Å². The summed E-state index contributed by atoms with van der Waals surface area (Å²) in [5.41, 5.74) is 8.25. The number of hydrogen-bond acceptors (Lipinski definition) is 1. The molecule has 2 aromatic rings. The average molecular weight is 267 g/mol. The molecule has 0 spiro atoms. The fourth-order valence-corrected chi connectivity index (χ4v) is 2.63. The zero-order valence-corrected chi connectivity index (χ0v) is 13.2. The van der Waals surface area contributed by atoms with E-state index in [0.29, 0.717) is 6.04 Å². The Morgan fingerprint density at radius 2 is 1.50 bits per heavy atom. The molecule has 1 atom stereocenters. The van der Waals surface area contributed by atoms with E-state index >= 15 is 0 Å². The summed E-state index contributed by atoms with van der Waals surface area (Å²) in [6, 6.07) is 13.5. The van der Waals surface area contributed by atoms with Crippen LogP contribution < -0.4 is 5.32 Å². The highest BCUT2D eigenvalue weighted by atomic mass is 14.9. The van der Waals surface area contributed by atoms with Gasteiger partial charge in [-0.05, 0) is 68.0 Å². The third-order valence-corrected chi connectivity index (χ3v) is 4.21. The van der Waals surface area contributed by atoms with Crippen LogP contribution in [0.2, 0.25) is 0 Å². The van der Waals surface area contributed by atoms with Crippen molar-refractivity contribution < 1.29 is 0 Å². The van der Waals surface area contributed by atoms with E-state index in [4.69, 9.17) is 0 Å². The highest BCUT2D eigenvalue weighted by Gasteiger charge is 2.10. The van der Waals surface area contributed by atoms with Crippen molar-refractivity contribution in [3.63, 3.8) is 0 Å². The molecule has 0 aliphatic carbocycles. The molecule has 1 unspecified atom stereocenters. The summed E-state index contributed by atoms with van der Waals surface area (Å²) < 4.78 is 0. The fourth-order valence-electron chi connectivity index (χ4n) is 2.63. The molecular weight excluding hydrogens is 242 g/mol. The van der Waals surface area contributed by atoms with Crippen molar-refractivity contribution in [1.29, 1.82) is 0 Å². The van der Waals surface area contributed by atoms with E-state index in [9.17, 15) is 0 Å². The van der Waals surface area contributed by atoms with Crippen LogP contribution in [0.1, 0.15) is 46.3 Å². The second-order valence-electron chi connectivity index (χ2n) is 5.82. The quantitative estimate of drug-likeness (QED) is 0.841. The van der Waals surface area contributed by atoms with Crippen LogP contribution in [0.4, 0.5) is 0 Å². The first-order valence-corrected chi connectivity index (χ1v) is 7.34. The molecule has 2 rings (SSSR count). The van der Waals surface area contributed by atoms with Crippen molar-refractivity contribution in [1.82, 2.24) is 5.32 Å². The molecule has 0 heterocycles. The first-order valence-electron chi connectivity index (χ1n) is 7.34. The van der Waals surface area contributed by atoms with Gasteiger partial charge in [-0.3, -0.25) is 0 Å². The molecule has 1 nitrogen and oxygen atoms in total. The van der Waals surface area contributed by atoms with Gasteiger partial charge in [0.25, 0.3) is 0 Å². The van der Waals surface area contributed by atoms with Crippen LogP contribution in [-0.4, -0.2) is 0 Å². The first kappa shape index (κ1) is 14.8. The van der Waals surface area contributed by atoms with Crippen LogP contribution in [0.25, 0.3) is 0 Å². The van der Waals surface area contributed by atoms with Gasteiger partial charge in [-0.15, -0.1) is 0 Å². The van der Waals surface area contributed by atoms with E-state index in [-0.39, 0.29) is 0 Å². The van der Waals surface area contributed by atoms with E-state index < -0.39 is 0 Å². The van der Waals surface area contributed by atoms with Crippen LogP contribution >= 0.6 is 0 Å². The number of aryl methyl sites for hydroxylation is 4. The van der Waals surface area contributed by atoms with Crippen LogP contribution in [0.5, 0.6) is 0 Å². The lowest BCUT2D eigenvalue weighted by Gasteiger charge is -2.19. The van der Waals surface area contributed by atoms with Gasteiger partial charge >= 0.3 is 0 Å². The van der Waals surface area contributed by atoms with Gasteiger partial charge < -0.3 is 5.32 Å². The van der Waals surface area contributed by atoms with Crippen LogP contribution in [0.3, 0.4) is 0 Å². The van der Waals surface area contributed by atoms with Gasteiger partial charge in [0.05, 0.1) is 0 Å². The third-order valence-electron chi connectivity index (χ3n) is 4.21. The van der Waals surface area contributed by atoms with Crippen LogP contribution in [-0.2, 0) is 6.54 Å². The second-order valence-corrected chi connectivity index (χ2v) is 5.82. The van der Waals surface area contributed by atoms with Crippen LogP contribution in [0, 0.1) is 27.7 Å². The zero-order chi connectivity index (χ0) is 14.7. The summed E-state index contributed by atoms with van der Waals surface area (Å²) in [7, 11) is 0. The number of hydrogen-bond donors (Lipinski definition) is 1. The maximum absolute atomic E-state index is 3.64. The summed E-state index contributed by atoms with van der Waals surface area (Å²) in [5.74, 6) is 0. The van der Waals surface area contributed by atoms with Gasteiger partial charge in [-0.1, -0.05) is 36.4 Å². The molecular formula is C19H25N. The molecule has 0 bridgehead atoms. The van der Waals surface area contributed by atoms with E-state index in [1.807, 2.05) is 0 Å². The van der Waals surface area contributed by atoms with Crippen molar-refractivity contribution in [2.24, 2.45) is 0 Å². The predicted molar refractivity (Wildman–Crippen MR) is 87.1 cm³/mol. The van der Waals surface area contributed by atoms with E-state index in [0.717, 1.165) is 6.54 Å². The van der Waals surface area contributed by atoms with Gasteiger partial charge in [0.15, 0.2) is 0 Å². The van der Waals surface area contributed by atoms with E-state index in [2.05, 4.69) is 76.3 Å². The summed E-state index contributed by atoms with van der Waals surface area (Å²) in [6.07, 6.45) is 0. The molecule has 0 saturated carbocycles. The molecule has 1 heteroatoms. The number of nitrogens with one attached hydrogen (secondary N) is 1. The smallest absolute Gasteiger partial charge is 0.0297 e. The molecule has 0 amide bonds. The highest BCUT2D eigenvalue weighted by molar-refractivity contribution is 5.38. The first-order chi connectivity index (χ1) is 9.49. The number of benzene rings is 2. The Labute approximate surface area is 123 Å². The minimum Gasteiger partial charge on any atom is -0.306 e. The van der Waals surface area contributed by atoms with Crippen molar-refractivity contribution in [3.8, 4) is 0 Å². The molecule has 0 saturated heterocycles. The Morgan fingerprint density at radius 1 is 0.850 bits per heavy atom. The molecule has 0 radical (unpaired) electrons. The Kier molecular flexibility index (Phi) is 4.61. The van der Waals surface area contributed by atoms with Crippen molar-refractivity contribution in [2.75, 3.05) is 0 Å². The normalized spacial score (nSPS) is 12.4. The Balaban J connectivity index is 2.11. The minimum atomic E-state index is 0.369. The summed E-state index contributed by atoms with van der Waals surface area (Å²) in [5, 5.41) is 3.64. The topological polar surface area (TPSA) is 12.0 Å². The average Bonchev–Trinajstić information content (AvgIpc) is 2.41. The summed E-state index contributed by atoms with van der Waals surface area (Å²) in [4.78, 5) is 0. The molecule has 0 fully saturated rings. The Bertz CT molecular complexity index is 599. The maximum Gasteiger partial charge on any atom is 0.0297 e. The molecule has 0 aromatic heterocycles. The zero-order valence-electron chi connectivity index (χ0n) is 13.2. The third kappa shape index (κ3) is 3.29. The second kappa shape index (κ2) is 6.23. The lowest BCUT2D eigenvalue weighted by molar-refractivity contribution is 0.570. The molecule has 0 aliphatic rings. The van der Waals surface area contributed by atoms with Gasteiger partial charge in [-0.2, -0.15) is 0 Å². The van der Waals surface area contributed by atoms with Gasteiger partial charge in [0.2, 0.25) is 0 Å². The monoisotopic (exact) mass is 267 g/mol. The Morgan fingerprint density at radius 3 is 2.20 bits per heavy atom. The van der Waals surface area contributed by atoms with E-state index in [1.165, 1.54) is 33.4 Å². The summed E-state index contributed by atoms with van der Waals surface area (Å²) in [6.45, 7) is 11.9. The molecule has 20 heavy (non-hydrogen) atoms. The largest absolute Gasteiger partial charge is 0.306 e. The predicted octanol–water partition coefficient (Wildman–Crippen LogP) is 4.77. The molecule has 106 valence electrons. The van der Waals surface area contributed by atoms with Crippen LogP contribution in [0.15, 0.2) is 36.4 Å². The lowest BCUT2D eigenvalue weighted by Crippen LogP contribution is -2.19. The summed E-state index contributed by atoms with van der Waals surface area (Å²) >= 11 is 0.